The van der Waals surface area contributed by atoms with Gasteiger partial charge in [0, 0.05) is 11.7 Å². The lowest BCUT2D eigenvalue weighted by Gasteiger charge is -2.43. The van der Waals surface area contributed by atoms with Crippen molar-refractivity contribution in [3.05, 3.63) is 29.8 Å². The maximum absolute atomic E-state index is 6.42. The Labute approximate surface area is 141 Å². The van der Waals surface area contributed by atoms with Crippen molar-refractivity contribution in [3.63, 3.8) is 0 Å². The van der Waals surface area contributed by atoms with Crippen LogP contribution in [-0.4, -0.2) is 36.5 Å². The molecule has 3 rings (SSSR count). The summed E-state index contributed by atoms with van der Waals surface area (Å²) in [6, 6.07) is 9.96. The summed E-state index contributed by atoms with van der Waals surface area (Å²) in [5.41, 5.74) is 2.61. The lowest BCUT2D eigenvalue weighted by atomic mass is 9.89. The van der Waals surface area contributed by atoms with Gasteiger partial charge in [-0.3, -0.25) is 4.90 Å². The minimum atomic E-state index is 0.206. The van der Waals surface area contributed by atoms with Gasteiger partial charge >= 0.3 is 0 Å². The van der Waals surface area contributed by atoms with Crippen LogP contribution < -0.4 is 4.90 Å². The van der Waals surface area contributed by atoms with Gasteiger partial charge in [0.1, 0.15) is 6.23 Å². The number of hydrogen-bond acceptors (Lipinski definition) is 3. The maximum Gasteiger partial charge on any atom is 0.147 e. The number of anilines is 1. The van der Waals surface area contributed by atoms with Crippen LogP contribution in [0.25, 0.3) is 0 Å². The van der Waals surface area contributed by atoms with Gasteiger partial charge in [-0.2, -0.15) is 0 Å². The van der Waals surface area contributed by atoms with Crippen LogP contribution in [0.3, 0.4) is 0 Å². The monoisotopic (exact) mass is 316 g/mol. The number of benzene rings is 1. The van der Waals surface area contributed by atoms with Crippen LogP contribution in [0.1, 0.15) is 46.1 Å². The van der Waals surface area contributed by atoms with Crippen molar-refractivity contribution in [2.75, 3.05) is 18.2 Å². The Morgan fingerprint density at radius 1 is 1.13 bits per heavy atom. The highest BCUT2D eigenvalue weighted by Gasteiger charge is 2.50. The first-order valence-electron chi connectivity index (χ1n) is 9.27. The van der Waals surface area contributed by atoms with Gasteiger partial charge in [-0.25, -0.2) is 0 Å². The minimum absolute atomic E-state index is 0.206. The van der Waals surface area contributed by atoms with E-state index in [0.29, 0.717) is 23.9 Å². The smallest absolute Gasteiger partial charge is 0.147 e. The average Bonchev–Trinajstić information content (AvgIpc) is 2.78. The van der Waals surface area contributed by atoms with E-state index >= 15 is 0 Å². The molecule has 0 aliphatic carbocycles. The van der Waals surface area contributed by atoms with Gasteiger partial charge in [0.2, 0.25) is 0 Å². The van der Waals surface area contributed by atoms with Crippen LogP contribution in [0, 0.1) is 18.8 Å². The molecule has 0 aromatic heterocycles. The van der Waals surface area contributed by atoms with Gasteiger partial charge in [-0.15, -0.1) is 0 Å². The van der Waals surface area contributed by atoms with Crippen molar-refractivity contribution < 1.29 is 4.74 Å². The molecule has 2 aliphatic rings. The molecule has 0 amide bonds. The van der Waals surface area contributed by atoms with Gasteiger partial charge in [0.25, 0.3) is 0 Å². The quantitative estimate of drug-likeness (QED) is 0.807. The van der Waals surface area contributed by atoms with E-state index in [4.69, 9.17) is 4.74 Å². The SMILES string of the molecule is CCC(CC)[C@@H]1[C@@H]2OC[C@@H](C(C)C)N1CN2c1ccc(C)cc1. The highest BCUT2D eigenvalue weighted by molar-refractivity contribution is 5.49. The summed E-state index contributed by atoms with van der Waals surface area (Å²) in [6.07, 6.45) is 2.66. The Balaban J connectivity index is 1.92. The van der Waals surface area contributed by atoms with Crippen LogP contribution in [0.15, 0.2) is 24.3 Å². The van der Waals surface area contributed by atoms with Gasteiger partial charge in [-0.1, -0.05) is 58.2 Å². The molecular weight excluding hydrogens is 284 g/mol. The fourth-order valence-corrected chi connectivity index (χ4v) is 4.32. The number of nitrogens with zero attached hydrogens (tertiary/aromatic N) is 2. The molecule has 128 valence electrons. The lowest BCUT2D eigenvalue weighted by Crippen LogP contribution is -2.55. The molecule has 2 fully saturated rings. The van der Waals surface area contributed by atoms with Crippen molar-refractivity contribution in [2.24, 2.45) is 11.8 Å². The summed E-state index contributed by atoms with van der Waals surface area (Å²) >= 11 is 0. The molecular formula is C20H32N2O. The molecule has 0 N–H and O–H groups in total. The van der Waals surface area contributed by atoms with Crippen LogP contribution in [-0.2, 0) is 4.74 Å². The maximum atomic E-state index is 6.42. The number of morpholine rings is 1. The Kier molecular flexibility index (Phi) is 4.98. The summed E-state index contributed by atoms with van der Waals surface area (Å²) in [4.78, 5) is 5.21. The standard InChI is InChI=1S/C20H32N2O/c1-6-16(7-2)19-20-21(17-10-8-15(5)9-11-17)13-22(19)18(12-23-20)14(3)4/h8-11,14,16,18-20H,6-7,12-13H2,1-5H3/t18-,19+,20-/m0/s1. The fraction of sp³-hybridized carbons (Fsp3) is 0.700. The average molecular weight is 316 g/mol. The molecule has 23 heavy (non-hydrogen) atoms. The van der Waals surface area contributed by atoms with E-state index in [1.165, 1.54) is 24.1 Å². The zero-order valence-corrected chi connectivity index (χ0v) is 15.3. The topological polar surface area (TPSA) is 15.7 Å². The molecule has 0 saturated carbocycles. The molecule has 1 aromatic carbocycles. The summed E-state index contributed by atoms with van der Waals surface area (Å²) in [5, 5.41) is 0. The third-order valence-corrected chi connectivity index (χ3v) is 5.83. The van der Waals surface area contributed by atoms with Crippen molar-refractivity contribution in [1.82, 2.24) is 4.90 Å². The van der Waals surface area contributed by atoms with Gasteiger partial charge in [0.05, 0.1) is 19.3 Å². The summed E-state index contributed by atoms with van der Waals surface area (Å²) in [5.74, 6) is 1.34. The molecule has 1 aromatic rings. The van der Waals surface area contributed by atoms with Gasteiger partial charge in [0.15, 0.2) is 0 Å². The van der Waals surface area contributed by atoms with Crippen molar-refractivity contribution in [1.29, 1.82) is 0 Å². The van der Waals surface area contributed by atoms with E-state index in [1.807, 2.05) is 0 Å². The molecule has 2 heterocycles. The molecule has 2 aliphatic heterocycles. The number of aryl methyl sites for hydroxylation is 1. The molecule has 2 saturated heterocycles. The Morgan fingerprint density at radius 2 is 1.78 bits per heavy atom. The van der Waals surface area contributed by atoms with Gasteiger partial charge < -0.3 is 9.64 Å². The highest BCUT2D eigenvalue weighted by Crippen LogP contribution is 2.39. The van der Waals surface area contributed by atoms with Crippen molar-refractivity contribution in [3.8, 4) is 0 Å². The zero-order chi connectivity index (χ0) is 16.6. The second kappa shape index (κ2) is 6.82. The number of rotatable bonds is 5. The second-order valence-electron chi connectivity index (χ2n) is 7.56. The van der Waals surface area contributed by atoms with Crippen molar-refractivity contribution >= 4 is 5.69 Å². The Morgan fingerprint density at radius 3 is 2.35 bits per heavy atom. The Bertz CT molecular complexity index is 509. The van der Waals surface area contributed by atoms with E-state index in [9.17, 15) is 0 Å². The molecule has 0 spiro atoms. The molecule has 1 unspecified atom stereocenters. The predicted molar refractivity (Wildman–Crippen MR) is 96.6 cm³/mol. The lowest BCUT2D eigenvalue weighted by molar-refractivity contribution is -0.0871. The van der Waals surface area contributed by atoms with E-state index < -0.39 is 0 Å². The number of hydrogen-bond donors (Lipinski definition) is 0. The fourth-order valence-electron chi connectivity index (χ4n) is 4.32. The molecule has 2 bridgehead atoms. The first-order chi connectivity index (χ1) is 11.1. The predicted octanol–water partition coefficient (Wildman–Crippen LogP) is 4.26. The van der Waals surface area contributed by atoms with Crippen LogP contribution in [0.2, 0.25) is 0 Å². The third kappa shape index (κ3) is 3.01. The first kappa shape index (κ1) is 16.8. The minimum Gasteiger partial charge on any atom is -0.355 e. The van der Waals surface area contributed by atoms with E-state index in [1.54, 1.807) is 0 Å². The summed E-state index contributed by atoms with van der Waals surface area (Å²) < 4.78 is 6.42. The van der Waals surface area contributed by atoms with E-state index in [-0.39, 0.29) is 6.23 Å². The van der Waals surface area contributed by atoms with Crippen LogP contribution in [0.4, 0.5) is 5.69 Å². The molecule has 4 atom stereocenters. The second-order valence-corrected chi connectivity index (χ2v) is 7.56. The number of fused-ring (bicyclic) bond motifs is 2. The Hall–Kier alpha value is -1.06. The number of ether oxygens (including phenoxy) is 1. The van der Waals surface area contributed by atoms with E-state index in [2.05, 4.69) is 68.7 Å². The highest BCUT2D eigenvalue weighted by atomic mass is 16.5. The normalized spacial score (nSPS) is 30.5. The summed E-state index contributed by atoms with van der Waals surface area (Å²) in [6.45, 7) is 13.3. The van der Waals surface area contributed by atoms with Crippen molar-refractivity contribution in [2.45, 2.75) is 65.8 Å². The first-order valence-corrected chi connectivity index (χ1v) is 9.27. The molecule has 3 nitrogen and oxygen atoms in total. The molecule has 3 heteroatoms. The zero-order valence-electron chi connectivity index (χ0n) is 15.3. The van der Waals surface area contributed by atoms with Crippen LogP contribution >= 0.6 is 0 Å². The summed E-state index contributed by atoms with van der Waals surface area (Å²) in [7, 11) is 0. The van der Waals surface area contributed by atoms with Crippen LogP contribution in [0.5, 0.6) is 0 Å². The largest absolute Gasteiger partial charge is 0.355 e. The van der Waals surface area contributed by atoms with E-state index in [0.717, 1.165) is 13.3 Å². The van der Waals surface area contributed by atoms with Gasteiger partial charge in [-0.05, 0) is 30.9 Å². The third-order valence-electron chi connectivity index (χ3n) is 5.83. The molecule has 0 radical (unpaired) electrons.